The van der Waals surface area contributed by atoms with Crippen LogP contribution in [0.4, 0.5) is 11.4 Å². The van der Waals surface area contributed by atoms with Crippen molar-refractivity contribution in [2.45, 2.75) is 6.61 Å². The Balaban J connectivity index is 1.52. The van der Waals surface area contributed by atoms with Crippen molar-refractivity contribution in [1.29, 1.82) is 0 Å². The van der Waals surface area contributed by atoms with Crippen LogP contribution >= 0.6 is 11.3 Å². The molecule has 1 N–H and O–H groups in total. The fraction of sp³-hybridized carbons (Fsp3) is 0.0500. The number of carbonyl (C=O) groups is 1. The van der Waals surface area contributed by atoms with Gasteiger partial charge in [-0.1, -0.05) is 30.3 Å². The summed E-state index contributed by atoms with van der Waals surface area (Å²) >= 11 is 1.35. The van der Waals surface area contributed by atoms with Gasteiger partial charge in [0.15, 0.2) is 4.96 Å². The van der Waals surface area contributed by atoms with Gasteiger partial charge >= 0.3 is 5.97 Å². The molecule has 2 aromatic carbocycles. The molecule has 0 spiro atoms. The third-order valence-corrected chi connectivity index (χ3v) is 4.66. The van der Waals surface area contributed by atoms with Crippen molar-refractivity contribution in [3.05, 3.63) is 93.9 Å². The molecule has 0 fully saturated rings. The minimum atomic E-state index is -0.484. The first-order chi connectivity index (χ1) is 13.2. The zero-order chi connectivity index (χ0) is 18.6. The molecule has 0 aliphatic heterocycles. The number of nitrogens with one attached hydrogen (secondary N) is 1. The summed E-state index contributed by atoms with van der Waals surface area (Å²) in [4.78, 5) is 29.5. The molecule has 134 valence electrons. The van der Waals surface area contributed by atoms with E-state index in [-0.39, 0.29) is 12.2 Å². The van der Waals surface area contributed by atoms with Gasteiger partial charge in [-0.05, 0) is 24.3 Å². The van der Waals surface area contributed by atoms with Crippen LogP contribution in [0.15, 0.2) is 77.0 Å². The molecule has 2 heterocycles. The van der Waals surface area contributed by atoms with Crippen molar-refractivity contribution in [2.75, 3.05) is 5.32 Å². The third-order valence-electron chi connectivity index (χ3n) is 3.91. The number of anilines is 2. The summed E-state index contributed by atoms with van der Waals surface area (Å²) < 4.78 is 6.84. The normalized spacial score (nSPS) is 10.7. The molecule has 0 saturated heterocycles. The smallest absolute Gasteiger partial charge is 0.340 e. The number of carbonyl (C=O) groups excluding carboxylic acids is 1. The first-order valence-corrected chi connectivity index (χ1v) is 9.13. The van der Waals surface area contributed by atoms with Crippen molar-refractivity contribution in [2.24, 2.45) is 0 Å². The molecule has 0 atom stereocenters. The Hall–Kier alpha value is -3.45. The summed E-state index contributed by atoms with van der Waals surface area (Å²) in [6.45, 7) is -0.0673. The maximum absolute atomic E-state index is 12.6. The second-order valence-electron chi connectivity index (χ2n) is 5.75. The molecule has 0 bridgehead atoms. The van der Waals surface area contributed by atoms with E-state index < -0.39 is 5.97 Å². The SMILES string of the molecule is O=C(OCc1cc(=O)n2ccsc2n1)c1ccccc1Nc1ccccc1. The second kappa shape index (κ2) is 7.43. The third kappa shape index (κ3) is 3.73. The summed E-state index contributed by atoms with van der Waals surface area (Å²) in [6, 6.07) is 18.1. The number of thiazole rings is 1. The van der Waals surface area contributed by atoms with E-state index in [1.165, 1.54) is 21.8 Å². The van der Waals surface area contributed by atoms with Crippen molar-refractivity contribution >= 4 is 33.6 Å². The molecule has 4 aromatic rings. The fourth-order valence-electron chi connectivity index (χ4n) is 2.63. The Morgan fingerprint density at radius 3 is 2.74 bits per heavy atom. The summed E-state index contributed by atoms with van der Waals surface area (Å²) in [5, 5.41) is 5.00. The minimum absolute atomic E-state index is 0.0673. The zero-order valence-electron chi connectivity index (χ0n) is 14.2. The van der Waals surface area contributed by atoms with Gasteiger partial charge in [-0.25, -0.2) is 9.78 Å². The number of benzene rings is 2. The number of fused-ring (bicyclic) bond motifs is 1. The lowest BCUT2D eigenvalue weighted by Gasteiger charge is -2.11. The van der Waals surface area contributed by atoms with E-state index in [9.17, 15) is 9.59 Å². The lowest BCUT2D eigenvalue weighted by Crippen LogP contribution is -2.15. The van der Waals surface area contributed by atoms with E-state index in [1.54, 1.807) is 23.7 Å². The number of para-hydroxylation sites is 2. The van der Waals surface area contributed by atoms with E-state index in [2.05, 4.69) is 10.3 Å². The van der Waals surface area contributed by atoms with Crippen LogP contribution in [0.25, 0.3) is 4.96 Å². The molecule has 27 heavy (non-hydrogen) atoms. The number of aromatic nitrogens is 2. The van der Waals surface area contributed by atoms with Crippen molar-refractivity contribution in [1.82, 2.24) is 9.38 Å². The van der Waals surface area contributed by atoms with E-state index in [1.807, 2.05) is 42.5 Å². The van der Waals surface area contributed by atoms with Gasteiger partial charge in [0.1, 0.15) is 6.61 Å². The average molecular weight is 377 g/mol. The second-order valence-corrected chi connectivity index (χ2v) is 6.63. The Morgan fingerprint density at radius 1 is 1.11 bits per heavy atom. The van der Waals surface area contributed by atoms with Crippen molar-refractivity contribution < 1.29 is 9.53 Å². The number of hydrogen-bond acceptors (Lipinski definition) is 6. The highest BCUT2D eigenvalue weighted by Crippen LogP contribution is 2.21. The van der Waals surface area contributed by atoms with Crippen LogP contribution in [0.3, 0.4) is 0 Å². The number of ether oxygens (including phenoxy) is 1. The highest BCUT2D eigenvalue weighted by molar-refractivity contribution is 7.15. The van der Waals surface area contributed by atoms with Gasteiger partial charge in [-0.2, -0.15) is 0 Å². The average Bonchev–Trinajstić information content (AvgIpc) is 3.17. The molecule has 0 aliphatic rings. The lowest BCUT2D eigenvalue weighted by atomic mass is 10.1. The highest BCUT2D eigenvalue weighted by Gasteiger charge is 2.14. The predicted octanol–water partition coefficient (Wildman–Crippen LogP) is 3.86. The van der Waals surface area contributed by atoms with E-state index in [0.717, 1.165) is 5.69 Å². The summed E-state index contributed by atoms with van der Waals surface area (Å²) in [5.74, 6) is -0.484. The molecule has 0 amide bonds. The van der Waals surface area contributed by atoms with Crippen LogP contribution in [0, 0.1) is 0 Å². The standard InChI is InChI=1S/C20H15N3O3S/c24-18-12-15(22-20-23(18)10-11-27-20)13-26-19(25)16-8-4-5-9-17(16)21-14-6-2-1-3-7-14/h1-12,21H,13H2. The lowest BCUT2D eigenvalue weighted by molar-refractivity contribution is 0.0469. The maximum atomic E-state index is 12.6. The Bertz CT molecular complexity index is 1150. The van der Waals surface area contributed by atoms with Crippen LogP contribution in [0.1, 0.15) is 16.1 Å². The quantitative estimate of drug-likeness (QED) is 0.535. The van der Waals surface area contributed by atoms with Gasteiger partial charge < -0.3 is 10.1 Å². The molecule has 0 saturated carbocycles. The van der Waals surface area contributed by atoms with Gasteiger partial charge in [0.25, 0.3) is 5.56 Å². The Morgan fingerprint density at radius 2 is 1.89 bits per heavy atom. The van der Waals surface area contributed by atoms with E-state index in [0.29, 0.717) is 21.9 Å². The highest BCUT2D eigenvalue weighted by atomic mass is 32.1. The van der Waals surface area contributed by atoms with Gasteiger partial charge in [-0.3, -0.25) is 9.20 Å². The van der Waals surface area contributed by atoms with Crippen LogP contribution in [-0.4, -0.2) is 15.4 Å². The first kappa shape index (κ1) is 17.0. The number of nitrogens with zero attached hydrogens (tertiary/aromatic N) is 2. The summed E-state index contributed by atoms with van der Waals surface area (Å²) in [5.41, 5.74) is 2.16. The largest absolute Gasteiger partial charge is 0.456 e. The van der Waals surface area contributed by atoms with Gasteiger partial charge in [0.2, 0.25) is 0 Å². The van der Waals surface area contributed by atoms with Crippen LogP contribution in [0.2, 0.25) is 0 Å². The summed E-state index contributed by atoms with van der Waals surface area (Å²) in [7, 11) is 0. The number of rotatable bonds is 5. The van der Waals surface area contributed by atoms with Crippen LogP contribution in [-0.2, 0) is 11.3 Å². The molecule has 7 heteroatoms. The maximum Gasteiger partial charge on any atom is 0.340 e. The van der Waals surface area contributed by atoms with Crippen LogP contribution < -0.4 is 10.9 Å². The molecule has 4 rings (SSSR count). The van der Waals surface area contributed by atoms with Gasteiger partial charge in [0, 0.05) is 23.3 Å². The fourth-order valence-corrected chi connectivity index (χ4v) is 3.36. The molecular weight excluding hydrogens is 362 g/mol. The molecule has 2 aromatic heterocycles. The topological polar surface area (TPSA) is 72.7 Å². The Kier molecular flexibility index (Phi) is 4.67. The molecule has 0 radical (unpaired) electrons. The number of hydrogen-bond donors (Lipinski definition) is 1. The molecular formula is C20H15N3O3S. The monoisotopic (exact) mass is 377 g/mol. The first-order valence-electron chi connectivity index (χ1n) is 8.25. The molecule has 0 aliphatic carbocycles. The molecule has 6 nitrogen and oxygen atoms in total. The summed E-state index contributed by atoms with van der Waals surface area (Å²) in [6.07, 6.45) is 1.66. The van der Waals surface area contributed by atoms with Gasteiger partial charge in [0.05, 0.1) is 16.9 Å². The molecule has 0 unspecified atom stereocenters. The van der Waals surface area contributed by atoms with Crippen molar-refractivity contribution in [3.8, 4) is 0 Å². The zero-order valence-corrected chi connectivity index (χ0v) is 15.0. The minimum Gasteiger partial charge on any atom is -0.456 e. The Labute approximate surface area is 158 Å². The predicted molar refractivity (Wildman–Crippen MR) is 105 cm³/mol. The van der Waals surface area contributed by atoms with E-state index in [4.69, 9.17) is 4.74 Å². The van der Waals surface area contributed by atoms with Gasteiger partial charge in [-0.15, -0.1) is 11.3 Å². The number of esters is 1. The van der Waals surface area contributed by atoms with Crippen molar-refractivity contribution in [3.63, 3.8) is 0 Å². The van der Waals surface area contributed by atoms with E-state index >= 15 is 0 Å². The van der Waals surface area contributed by atoms with Crippen LogP contribution in [0.5, 0.6) is 0 Å².